The summed E-state index contributed by atoms with van der Waals surface area (Å²) in [6.45, 7) is 15.6. The number of nitrogens with one attached hydrogen (secondary N) is 1. The van der Waals surface area contributed by atoms with Crippen molar-refractivity contribution >= 4 is 5.91 Å². The summed E-state index contributed by atoms with van der Waals surface area (Å²) in [6, 6.07) is 0. The van der Waals surface area contributed by atoms with Gasteiger partial charge in [0.25, 0.3) is 0 Å². The molecular weight excluding hydrogens is 250 g/mol. The molecule has 0 saturated heterocycles. The van der Waals surface area contributed by atoms with Gasteiger partial charge in [0.2, 0.25) is 5.91 Å². The van der Waals surface area contributed by atoms with Crippen LogP contribution in [0.25, 0.3) is 0 Å². The molecule has 0 rings (SSSR count). The fourth-order valence-electron chi connectivity index (χ4n) is 1.56. The van der Waals surface area contributed by atoms with E-state index in [2.05, 4.69) is 18.5 Å². The van der Waals surface area contributed by atoms with E-state index in [-0.39, 0.29) is 19.1 Å². The van der Waals surface area contributed by atoms with Gasteiger partial charge in [-0.15, -0.1) is 0 Å². The molecule has 0 aromatic carbocycles. The SMILES string of the molecule is C=C/C(C)=C\C(=C)C(/C=C(\C)C(=O)NCCO)=C(C)C. The van der Waals surface area contributed by atoms with Gasteiger partial charge in [-0.05, 0) is 44.9 Å². The van der Waals surface area contributed by atoms with E-state index in [0.717, 1.165) is 22.3 Å². The minimum atomic E-state index is -0.185. The Balaban J connectivity index is 5.25. The predicted octanol–water partition coefficient (Wildman–Crippen LogP) is 3.07. The van der Waals surface area contributed by atoms with Crippen molar-refractivity contribution in [3.05, 3.63) is 59.3 Å². The van der Waals surface area contributed by atoms with Crippen LogP contribution in [0.2, 0.25) is 0 Å². The number of hydrogen-bond acceptors (Lipinski definition) is 2. The first-order chi connectivity index (χ1) is 9.33. The first kappa shape index (κ1) is 18.1. The van der Waals surface area contributed by atoms with E-state index in [4.69, 9.17) is 5.11 Å². The first-order valence-corrected chi connectivity index (χ1v) is 6.58. The summed E-state index contributed by atoms with van der Waals surface area (Å²) < 4.78 is 0. The molecule has 0 aromatic heterocycles. The van der Waals surface area contributed by atoms with Gasteiger partial charge in [-0.3, -0.25) is 4.79 Å². The zero-order chi connectivity index (χ0) is 15.7. The summed E-state index contributed by atoms with van der Waals surface area (Å²) in [7, 11) is 0. The average Bonchev–Trinajstić information content (AvgIpc) is 2.40. The van der Waals surface area contributed by atoms with Crippen molar-refractivity contribution in [3.8, 4) is 0 Å². The molecule has 0 saturated carbocycles. The van der Waals surface area contributed by atoms with Gasteiger partial charge >= 0.3 is 0 Å². The highest BCUT2D eigenvalue weighted by atomic mass is 16.3. The highest BCUT2D eigenvalue weighted by Gasteiger charge is 2.06. The average molecular weight is 275 g/mol. The second kappa shape index (κ2) is 9.10. The molecule has 110 valence electrons. The van der Waals surface area contributed by atoms with Crippen LogP contribution in [0.4, 0.5) is 0 Å². The fourth-order valence-corrected chi connectivity index (χ4v) is 1.56. The number of hydrogen-bond donors (Lipinski definition) is 2. The lowest BCUT2D eigenvalue weighted by Crippen LogP contribution is -2.27. The summed E-state index contributed by atoms with van der Waals surface area (Å²) >= 11 is 0. The third-order valence-corrected chi connectivity index (χ3v) is 2.72. The van der Waals surface area contributed by atoms with Crippen LogP contribution < -0.4 is 5.32 Å². The molecule has 20 heavy (non-hydrogen) atoms. The molecule has 1 amide bonds. The molecule has 0 fully saturated rings. The van der Waals surface area contributed by atoms with Gasteiger partial charge in [-0.2, -0.15) is 0 Å². The molecule has 0 aliphatic heterocycles. The zero-order valence-electron chi connectivity index (χ0n) is 12.9. The van der Waals surface area contributed by atoms with Crippen molar-refractivity contribution in [1.29, 1.82) is 0 Å². The van der Waals surface area contributed by atoms with Gasteiger partial charge in [0.15, 0.2) is 0 Å². The van der Waals surface area contributed by atoms with Crippen molar-refractivity contribution in [2.24, 2.45) is 0 Å². The third kappa shape index (κ3) is 6.34. The van der Waals surface area contributed by atoms with Crippen LogP contribution in [0.5, 0.6) is 0 Å². The fraction of sp³-hybridized carbons (Fsp3) is 0.353. The van der Waals surface area contributed by atoms with E-state index in [0.29, 0.717) is 5.57 Å². The topological polar surface area (TPSA) is 49.3 Å². The molecular formula is C17H25NO2. The maximum absolute atomic E-state index is 11.8. The Morgan fingerprint density at radius 3 is 2.25 bits per heavy atom. The lowest BCUT2D eigenvalue weighted by Gasteiger charge is -2.09. The minimum absolute atomic E-state index is 0.0670. The Labute approximate surface area is 122 Å². The molecule has 0 spiro atoms. The Hall–Kier alpha value is -1.87. The smallest absolute Gasteiger partial charge is 0.247 e. The molecule has 3 nitrogen and oxygen atoms in total. The normalized spacial score (nSPS) is 11.8. The van der Waals surface area contributed by atoms with Crippen LogP contribution in [-0.4, -0.2) is 24.2 Å². The van der Waals surface area contributed by atoms with Crippen molar-refractivity contribution < 1.29 is 9.90 Å². The number of carbonyl (C=O) groups excluding carboxylic acids is 1. The van der Waals surface area contributed by atoms with Crippen molar-refractivity contribution in [2.45, 2.75) is 27.7 Å². The number of amides is 1. The van der Waals surface area contributed by atoms with Crippen LogP contribution in [-0.2, 0) is 4.79 Å². The molecule has 2 N–H and O–H groups in total. The monoisotopic (exact) mass is 275 g/mol. The number of aliphatic hydroxyl groups excluding tert-OH is 1. The number of carbonyl (C=O) groups is 1. The molecule has 0 aliphatic rings. The quantitative estimate of drug-likeness (QED) is 0.554. The van der Waals surface area contributed by atoms with Crippen molar-refractivity contribution in [2.75, 3.05) is 13.2 Å². The first-order valence-electron chi connectivity index (χ1n) is 6.58. The second-order valence-electron chi connectivity index (χ2n) is 4.84. The second-order valence-corrected chi connectivity index (χ2v) is 4.84. The summed E-state index contributed by atoms with van der Waals surface area (Å²) in [4.78, 5) is 11.8. The maximum atomic E-state index is 11.8. The molecule has 3 heteroatoms. The van der Waals surface area contributed by atoms with E-state index >= 15 is 0 Å². The Morgan fingerprint density at radius 2 is 1.80 bits per heavy atom. The van der Waals surface area contributed by atoms with E-state index in [1.54, 1.807) is 13.0 Å². The van der Waals surface area contributed by atoms with Gasteiger partial charge in [-0.1, -0.05) is 36.5 Å². The van der Waals surface area contributed by atoms with Crippen LogP contribution >= 0.6 is 0 Å². The van der Waals surface area contributed by atoms with Gasteiger partial charge in [0.1, 0.15) is 0 Å². The van der Waals surface area contributed by atoms with E-state index in [9.17, 15) is 4.79 Å². The summed E-state index contributed by atoms with van der Waals surface area (Å²) in [6.07, 6.45) is 5.51. The third-order valence-electron chi connectivity index (χ3n) is 2.72. The molecule has 0 unspecified atom stereocenters. The van der Waals surface area contributed by atoms with E-state index in [1.807, 2.05) is 32.9 Å². The van der Waals surface area contributed by atoms with Crippen LogP contribution in [0, 0.1) is 0 Å². The van der Waals surface area contributed by atoms with Gasteiger partial charge in [0.05, 0.1) is 6.61 Å². The summed E-state index contributed by atoms with van der Waals surface area (Å²) in [5.41, 5.74) is 4.46. The van der Waals surface area contributed by atoms with Crippen LogP contribution in [0.1, 0.15) is 27.7 Å². The van der Waals surface area contributed by atoms with Crippen LogP contribution in [0.15, 0.2) is 59.3 Å². The molecule has 0 aromatic rings. The Kier molecular flexibility index (Phi) is 8.25. The molecule has 0 aliphatic carbocycles. The van der Waals surface area contributed by atoms with Gasteiger partial charge in [-0.25, -0.2) is 0 Å². The lowest BCUT2D eigenvalue weighted by atomic mass is 9.98. The highest BCUT2D eigenvalue weighted by Crippen LogP contribution is 2.19. The largest absolute Gasteiger partial charge is 0.395 e. The maximum Gasteiger partial charge on any atom is 0.247 e. The number of allylic oxidation sites excluding steroid dienone is 7. The number of aliphatic hydroxyl groups is 1. The lowest BCUT2D eigenvalue weighted by molar-refractivity contribution is -0.117. The van der Waals surface area contributed by atoms with Crippen LogP contribution in [0.3, 0.4) is 0 Å². The van der Waals surface area contributed by atoms with Gasteiger partial charge < -0.3 is 10.4 Å². The molecule has 0 atom stereocenters. The van der Waals surface area contributed by atoms with Gasteiger partial charge in [0, 0.05) is 12.1 Å². The molecule has 0 heterocycles. The molecule has 0 bridgehead atoms. The highest BCUT2D eigenvalue weighted by molar-refractivity contribution is 5.93. The summed E-state index contributed by atoms with van der Waals surface area (Å²) in [5, 5.41) is 11.3. The number of rotatable bonds is 7. The van der Waals surface area contributed by atoms with E-state index in [1.165, 1.54) is 0 Å². The Morgan fingerprint density at radius 1 is 1.20 bits per heavy atom. The zero-order valence-corrected chi connectivity index (χ0v) is 12.9. The standard InChI is InChI=1S/C17H25NO2/c1-7-13(4)10-14(5)16(12(2)3)11-15(6)17(20)18-8-9-19/h7,10-11,19H,1,5,8-9H2,2-4,6H3,(H,18,20)/b13-10-,15-11+. The van der Waals surface area contributed by atoms with Crippen molar-refractivity contribution in [3.63, 3.8) is 0 Å². The van der Waals surface area contributed by atoms with Crippen molar-refractivity contribution in [1.82, 2.24) is 5.32 Å². The minimum Gasteiger partial charge on any atom is -0.395 e. The molecule has 0 radical (unpaired) electrons. The Bertz CT molecular complexity index is 475. The van der Waals surface area contributed by atoms with E-state index < -0.39 is 0 Å². The predicted molar refractivity (Wildman–Crippen MR) is 85.3 cm³/mol. The summed E-state index contributed by atoms with van der Waals surface area (Å²) in [5.74, 6) is -0.185.